The summed E-state index contributed by atoms with van der Waals surface area (Å²) >= 11 is -0.235. The molecule has 2 fully saturated rings. The number of hydrogen-bond acceptors (Lipinski definition) is 4. The molecule has 1 saturated heterocycles. The molecular weight excluding hydrogens is 439 g/mol. The summed E-state index contributed by atoms with van der Waals surface area (Å²) in [7, 11) is 0. The van der Waals surface area contributed by atoms with Crippen molar-refractivity contribution in [3.05, 3.63) is 65.9 Å². The van der Waals surface area contributed by atoms with E-state index in [0.717, 1.165) is 26.9 Å². The number of hydrogen-bond donors (Lipinski definition) is 0. The molecule has 5 rings (SSSR count). The van der Waals surface area contributed by atoms with Gasteiger partial charge in [0.2, 0.25) is 0 Å². The predicted molar refractivity (Wildman–Crippen MR) is 115 cm³/mol. The quantitative estimate of drug-likeness (QED) is 0.375. The smallest absolute Gasteiger partial charge is 0.305 e. The second kappa shape index (κ2) is 7.23. The maximum atomic E-state index is 13.3. The number of urea groups is 1. The van der Waals surface area contributed by atoms with Crippen LogP contribution >= 0.6 is 11.8 Å². The number of nitrogens with zero attached hydrogens (tertiary/aromatic N) is 3. The van der Waals surface area contributed by atoms with Crippen molar-refractivity contribution >= 4 is 40.3 Å². The zero-order valence-electron chi connectivity index (χ0n) is 17.0. The third-order valence-electron chi connectivity index (χ3n) is 5.91. The van der Waals surface area contributed by atoms with Crippen LogP contribution in [0.25, 0.3) is 10.9 Å². The summed E-state index contributed by atoms with van der Waals surface area (Å²) in [6.45, 7) is 2.23. The standard InChI is InChI=1S/C23H18F3N3O2S/c1-14-2-7-18-15(8-11-27-19(18)12-14)13-28-21(31)29(20(30)22(28)9-10-22)16-3-5-17(6-4-16)32-23(24,25)26/h2-8,11-12H,9-10,13H2,1H3. The number of rotatable bonds is 4. The minimum atomic E-state index is -4.40. The predicted octanol–water partition coefficient (Wildman–Crippen LogP) is 5.66. The highest BCUT2D eigenvalue weighted by Gasteiger charge is 2.65. The van der Waals surface area contributed by atoms with E-state index < -0.39 is 17.1 Å². The first-order valence-corrected chi connectivity index (χ1v) is 10.9. The summed E-state index contributed by atoms with van der Waals surface area (Å²) < 4.78 is 37.8. The number of pyridine rings is 1. The van der Waals surface area contributed by atoms with Gasteiger partial charge in [-0.1, -0.05) is 12.1 Å². The van der Waals surface area contributed by atoms with Gasteiger partial charge in [0.15, 0.2) is 0 Å². The summed E-state index contributed by atoms with van der Waals surface area (Å²) in [5, 5.41) is 0.918. The normalized spacial score (nSPS) is 17.6. The molecule has 1 saturated carbocycles. The number of amides is 3. The first kappa shape index (κ1) is 20.8. The number of carbonyl (C=O) groups is 2. The fraction of sp³-hybridized carbons (Fsp3) is 0.261. The molecule has 164 valence electrons. The molecule has 0 atom stereocenters. The van der Waals surface area contributed by atoms with Crippen LogP contribution in [0, 0.1) is 6.92 Å². The van der Waals surface area contributed by atoms with Gasteiger partial charge in [-0.2, -0.15) is 13.2 Å². The molecule has 32 heavy (non-hydrogen) atoms. The van der Waals surface area contributed by atoms with Crippen molar-refractivity contribution in [1.82, 2.24) is 9.88 Å². The third-order valence-corrected chi connectivity index (χ3v) is 6.65. The Morgan fingerprint density at radius 1 is 1.06 bits per heavy atom. The van der Waals surface area contributed by atoms with Gasteiger partial charge in [-0.15, -0.1) is 0 Å². The van der Waals surface area contributed by atoms with Crippen LogP contribution in [-0.4, -0.2) is 32.9 Å². The molecule has 5 nitrogen and oxygen atoms in total. The number of benzene rings is 2. The van der Waals surface area contributed by atoms with Gasteiger partial charge < -0.3 is 4.90 Å². The number of alkyl halides is 3. The van der Waals surface area contributed by atoms with Crippen LogP contribution in [0.4, 0.5) is 23.7 Å². The number of aryl methyl sites for hydroxylation is 1. The molecule has 2 aliphatic rings. The number of imide groups is 1. The topological polar surface area (TPSA) is 53.5 Å². The lowest BCUT2D eigenvalue weighted by Crippen LogP contribution is -2.36. The van der Waals surface area contributed by atoms with Crippen LogP contribution in [0.15, 0.2) is 59.6 Å². The number of anilines is 1. The highest BCUT2D eigenvalue weighted by atomic mass is 32.2. The average Bonchev–Trinajstić information content (AvgIpc) is 3.50. The van der Waals surface area contributed by atoms with Crippen LogP contribution in [-0.2, 0) is 11.3 Å². The Morgan fingerprint density at radius 3 is 2.44 bits per heavy atom. The molecule has 3 amide bonds. The van der Waals surface area contributed by atoms with Crippen LogP contribution in [0.2, 0.25) is 0 Å². The van der Waals surface area contributed by atoms with Crippen LogP contribution < -0.4 is 4.90 Å². The summed E-state index contributed by atoms with van der Waals surface area (Å²) in [5.74, 6) is -0.326. The van der Waals surface area contributed by atoms with E-state index in [1.807, 2.05) is 31.2 Å². The second-order valence-corrected chi connectivity index (χ2v) is 9.21. The minimum Gasteiger partial charge on any atom is -0.305 e. The van der Waals surface area contributed by atoms with Gasteiger partial charge in [-0.25, -0.2) is 9.69 Å². The van der Waals surface area contributed by atoms with E-state index in [9.17, 15) is 22.8 Å². The molecule has 2 heterocycles. The molecule has 1 aliphatic carbocycles. The Kier molecular flexibility index (Phi) is 4.70. The maximum Gasteiger partial charge on any atom is 0.446 e. The molecule has 0 unspecified atom stereocenters. The summed E-state index contributed by atoms with van der Waals surface area (Å²) in [5.41, 5.74) is -2.22. The Balaban J connectivity index is 1.45. The zero-order chi connectivity index (χ0) is 22.7. The van der Waals surface area contributed by atoms with Gasteiger partial charge in [0.25, 0.3) is 5.91 Å². The molecule has 9 heteroatoms. The highest BCUT2D eigenvalue weighted by Crippen LogP contribution is 2.50. The van der Waals surface area contributed by atoms with Gasteiger partial charge in [-0.05, 0) is 79.1 Å². The molecular formula is C23H18F3N3O2S. The molecule has 1 aromatic heterocycles. The van der Waals surface area contributed by atoms with Crippen LogP contribution in [0.3, 0.4) is 0 Å². The lowest BCUT2D eigenvalue weighted by molar-refractivity contribution is -0.120. The number of aromatic nitrogens is 1. The maximum absolute atomic E-state index is 13.3. The Labute approximate surface area is 186 Å². The van der Waals surface area contributed by atoms with Crippen molar-refractivity contribution < 1.29 is 22.8 Å². The van der Waals surface area contributed by atoms with Crippen molar-refractivity contribution in [2.75, 3.05) is 4.90 Å². The lowest BCUT2D eigenvalue weighted by atomic mass is 10.1. The van der Waals surface area contributed by atoms with Gasteiger partial charge in [-0.3, -0.25) is 9.78 Å². The highest BCUT2D eigenvalue weighted by molar-refractivity contribution is 8.00. The van der Waals surface area contributed by atoms with Crippen LogP contribution in [0.5, 0.6) is 0 Å². The zero-order valence-corrected chi connectivity index (χ0v) is 17.8. The molecule has 3 aromatic rings. The number of thioether (sulfide) groups is 1. The molecule has 0 radical (unpaired) electrons. The molecule has 0 N–H and O–H groups in total. The molecule has 1 aliphatic heterocycles. The SMILES string of the molecule is Cc1ccc2c(CN3C(=O)N(c4ccc(SC(F)(F)F)cc4)C(=O)C34CC4)ccnc2c1. The van der Waals surface area contributed by atoms with Crippen molar-refractivity contribution in [2.24, 2.45) is 0 Å². The third kappa shape index (κ3) is 3.50. The number of carbonyl (C=O) groups excluding carboxylic acids is 2. The largest absolute Gasteiger partial charge is 0.446 e. The Hall–Kier alpha value is -3.07. The Morgan fingerprint density at radius 2 is 1.78 bits per heavy atom. The number of fused-ring (bicyclic) bond motifs is 1. The Bertz CT molecular complexity index is 1240. The molecule has 1 spiro atoms. The molecule has 0 bridgehead atoms. The van der Waals surface area contributed by atoms with E-state index in [2.05, 4.69) is 4.98 Å². The van der Waals surface area contributed by atoms with Gasteiger partial charge in [0.1, 0.15) is 5.54 Å². The van der Waals surface area contributed by atoms with E-state index in [-0.39, 0.29) is 34.8 Å². The van der Waals surface area contributed by atoms with E-state index in [4.69, 9.17) is 0 Å². The monoisotopic (exact) mass is 457 g/mol. The fourth-order valence-electron chi connectivity index (χ4n) is 4.19. The van der Waals surface area contributed by atoms with Crippen molar-refractivity contribution in [2.45, 2.75) is 42.3 Å². The summed E-state index contributed by atoms with van der Waals surface area (Å²) in [4.78, 5) is 33.6. The summed E-state index contributed by atoms with van der Waals surface area (Å²) in [6, 6.07) is 12.6. The van der Waals surface area contributed by atoms with Crippen molar-refractivity contribution in [3.8, 4) is 0 Å². The van der Waals surface area contributed by atoms with Gasteiger partial charge >= 0.3 is 11.5 Å². The lowest BCUT2D eigenvalue weighted by Gasteiger charge is -2.22. The first-order chi connectivity index (χ1) is 15.2. The minimum absolute atomic E-state index is 0.00288. The number of halogens is 3. The average molecular weight is 457 g/mol. The van der Waals surface area contributed by atoms with Gasteiger partial charge in [0.05, 0.1) is 11.2 Å². The van der Waals surface area contributed by atoms with Crippen molar-refractivity contribution in [1.29, 1.82) is 0 Å². The van der Waals surface area contributed by atoms with Gasteiger partial charge in [0, 0.05) is 23.0 Å². The molecule has 2 aromatic carbocycles. The van der Waals surface area contributed by atoms with Crippen molar-refractivity contribution in [3.63, 3.8) is 0 Å². The van der Waals surface area contributed by atoms with E-state index >= 15 is 0 Å². The fourth-order valence-corrected chi connectivity index (χ4v) is 4.72. The van der Waals surface area contributed by atoms with E-state index in [1.54, 1.807) is 11.1 Å². The van der Waals surface area contributed by atoms with Crippen LogP contribution in [0.1, 0.15) is 24.0 Å². The summed E-state index contributed by atoms with van der Waals surface area (Å²) in [6.07, 6.45) is 2.82. The van der Waals surface area contributed by atoms with E-state index in [1.165, 1.54) is 24.3 Å². The second-order valence-electron chi connectivity index (χ2n) is 8.07. The van der Waals surface area contributed by atoms with E-state index in [0.29, 0.717) is 12.8 Å². The first-order valence-electron chi connectivity index (χ1n) is 10.0.